The molecule has 0 spiro atoms. The summed E-state index contributed by atoms with van der Waals surface area (Å²) in [4.78, 5) is 13.2. The maximum absolute atomic E-state index is 13.2. The third kappa shape index (κ3) is 4.63. The zero-order chi connectivity index (χ0) is 21.0. The van der Waals surface area contributed by atoms with Crippen molar-refractivity contribution in [2.45, 2.75) is 46.6 Å². The van der Waals surface area contributed by atoms with Crippen molar-refractivity contribution >= 4 is 5.78 Å². The van der Waals surface area contributed by atoms with E-state index < -0.39 is 0 Å². The van der Waals surface area contributed by atoms with Crippen molar-refractivity contribution < 1.29 is 4.79 Å². The van der Waals surface area contributed by atoms with Crippen LogP contribution in [0.4, 0.5) is 0 Å². The van der Waals surface area contributed by atoms with Gasteiger partial charge in [0.05, 0.1) is 17.3 Å². The SMILES string of the molecule is CC(C)CC(=O)c1c(Cc2ccccc2)c(-c2ccc(C#N)cc2)nn1C(C)C. The summed E-state index contributed by atoms with van der Waals surface area (Å²) in [5.41, 5.74) is 5.16. The van der Waals surface area contributed by atoms with E-state index >= 15 is 0 Å². The second-order valence-corrected chi connectivity index (χ2v) is 8.09. The first-order chi connectivity index (χ1) is 13.9. The van der Waals surface area contributed by atoms with Gasteiger partial charge in [0.15, 0.2) is 5.78 Å². The van der Waals surface area contributed by atoms with Gasteiger partial charge in [-0.2, -0.15) is 10.4 Å². The molecule has 3 rings (SSSR count). The predicted octanol–water partition coefficient (Wildman–Crippen LogP) is 5.82. The summed E-state index contributed by atoms with van der Waals surface area (Å²) in [6.45, 7) is 8.22. The first-order valence-corrected chi connectivity index (χ1v) is 10.1. The fourth-order valence-corrected chi connectivity index (χ4v) is 3.51. The zero-order valence-corrected chi connectivity index (χ0v) is 17.5. The maximum Gasteiger partial charge on any atom is 0.181 e. The number of rotatable bonds is 7. The number of nitriles is 1. The van der Waals surface area contributed by atoms with Crippen LogP contribution in [0.3, 0.4) is 0 Å². The van der Waals surface area contributed by atoms with Crippen molar-refractivity contribution in [3.63, 3.8) is 0 Å². The van der Waals surface area contributed by atoms with Crippen LogP contribution in [-0.4, -0.2) is 15.6 Å². The van der Waals surface area contributed by atoms with E-state index in [1.165, 1.54) is 0 Å². The molecule has 0 bridgehead atoms. The molecule has 0 aliphatic heterocycles. The number of carbonyl (C=O) groups is 1. The quantitative estimate of drug-likeness (QED) is 0.481. The molecule has 0 aliphatic carbocycles. The molecule has 0 amide bonds. The van der Waals surface area contributed by atoms with Crippen molar-refractivity contribution in [1.29, 1.82) is 5.26 Å². The Labute approximate surface area is 172 Å². The van der Waals surface area contributed by atoms with Gasteiger partial charge in [-0.25, -0.2) is 0 Å². The Morgan fingerprint density at radius 3 is 2.24 bits per heavy atom. The first kappa shape index (κ1) is 20.5. The molecule has 0 atom stereocenters. The largest absolute Gasteiger partial charge is 0.292 e. The molecule has 0 unspecified atom stereocenters. The molecule has 2 aromatic carbocycles. The van der Waals surface area contributed by atoms with E-state index in [1.807, 2.05) is 48.9 Å². The molecule has 0 fully saturated rings. The molecule has 0 saturated carbocycles. The van der Waals surface area contributed by atoms with Gasteiger partial charge in [-0.3, -0.25) is 9.48 Å². The second kappa shape index (κ2) is 8.87. The van der Waals surface area contributed by atoms with Gasteiger partial charge in [0, 0.05) is 30.0 Å². The van der Waals surface area contributed by atoms with Gasteiger partial charge >= 0.3 is 0 Å². The zero-order valence-electron chi connectivity index (χ0n) is 17.5. The van der Waals surface area contributed by atoms with Gasteiger partial charge in [0.2, 0.25) is 0 Å². The lowest BCUT2D eigenvalue weighted by Crippen LogP contribution is -2.15. The van der Waals surface area contributed by atoms with Crippen molar-refractivity contribution in [1.82, 2.24) is 9.78 Å². The molecule has 4 heteroatoms. The third-order valence-corrected chi connectivity index (χ3v) is 4.87. The van der Waals surface area contributed by atoms with Gasteiger partial charge in [-0.05, 0) is 37.5 Å². The number of nitrogens with zero attached hydrogens (tertiary/aromatic N) is 3. The topological polar surface area (TPSA) is 58.7 Å². The smallest absolute Gasteiger partial charge is 0.181 e. The Balaban J connectivity index is 2.20. The summed E-state index contributed by atoms with van der Waals surface area (Å²) in [5, 5.41) is 14.0. The highest BCUT2D eigenvalue weighted by atomic mass is 16.1. The Morgan fingerprint density at radius 2 is 1.69 bits per heavy atom. The van der Waals surface area contributed by atoms with Gasteiger partial charge in [0.1, 0.15) is 5.69 Å². The number of ketones is 1. The number of aromatic nitrogens is 2. The molecular weight excluding hydrogens is 358 g/mol. The Bertz CT molecular complexity index is 1020. The molecule has 0 saturated heterocycles. The monoisotopic (exact) mass is 385 g/mol. The van der Waals surface area contributed by atoms with E-state index in [0.29, 0.717) is 24.1 Å². The molecule has 29 heavy (non-hydrogen) atoms. The van der Waals surface area contributed by atoms with Gasteiger partial charge in [0.25, 0.3) is 0 Å². The summed E-state index contributed by atoms with van der Waals surface area (Å²) in [6.07, 6.45) is 1.13. The molecule has 4 nitrogen and oxygen atoms in total. The van der Waals surface area contributed by atoms with E-state index in [9.17, 15) is 4.79 Å². The molecule has 0 N–H and O–H groups in total. The fourth-order valence-electron chi connectivity index (χ4n) is 3.51. The van der Waals surface area contributed by atoms with Crippen LogP contribution in [0.15, 0.2) is 54.6 Å². The average Bonchev–Trinajstić information content (AvgIpc) is 3.08. The van der Waals surface area contributed by atoms with Crippen LogP contribution in [0.25, 0.3) is 11.3 Å². The molecule has 1 aromatic heterocycles. The number of hydrogen-bond donors (Lipinski definition) is 0. The molecule has 3 aromatic rings. The summed E-state index contributed by atoms with van der Waals surface area (Å²) in [5.74, 6) is 0.410. The highest BCUT2D eigenvalue weighted by Crippen LogP contribution is 2.31. The van der Waals surface area contributed by atoms with Gasteiger partial charge in [-0.1, -0.05) is 56.3 Å². The van der Waals surface area contributed by atoms with Crippen LogP contribution in [0.1, 0.15) is 67.3 Å². The average molecular weight is 386 g/mol. The van der Waals surface area contributed by atoms with E-state index in [4.69, 9.17) is 10.4 Å². The van der Waals surface area contributed by atoms with Gasteiger partial charge in [-0.15, -0.1) is 0 Å². The highest BCUT2D eigenvalue weighted by Gasteiger charge is 2.26. The van der Waals surface area contributed by atoms with Crippen molar-refractivity contribution in [3.8, 4) is 17.3 Å². The van der Waals surface area contributed by atoms with E-state index in [-0.39, 0.29) is 17.7 Å². The second-order valence-electron chi connectivity index (χ2n) is 8.09. The minimum atomic E-state index is 0.0720. The van der Waals surface area contributed by atoms with Crippen molar-refractivity contribution in [2.24, 2.45) is 5.92 Å². The lowest BCUT2D eigenvalue weighted by molar-refractivity contribution is 0.0954. The number of carbonyl (C=O) groups excluding carboxylic acids is 1. The Hall–Kier alpha value is -3.19. The molecule has 0 aliphatic rings. The Morgan fingerprint density at radius 1 is 1.03 bits per heavy atom. The minimum absolute atomic E-state index is 0.0720. The van der Waals surface area contributed by atoms with Crippen molar-refractivity contribution in [3.05, 3.63) is 77.0 Å². The normalized spacial score (nSPS) is 11.1. The van der Waals surface area contributed by atoms with Crippen LogP contribution >= 0.6 is 0 Å². The number of benzene rings is 2. The standard InChI is InChI=1S/C25H27N3O/c1-17(2)14-23(29)25-22(15-19-8-6-5-7-9-19)24(27-28(25)18(3)4)21-12-10-20(16-26)11-13-21/h5-13,17-18H,14-15H2,1-4H3. The maximum atomic E-state index is 13.2. The summed E-state index contributed by atoms with van der Waals surface area (Å²) in [6, 6.07) is 19.8. The van der Waals surface area contributed by atoms with Crippen LogP contribution in [0, 0.1) is 17.2 Å². The lowest BCUT2D eigenvalue weighted by Gasteiger charge is -2.13. The van der Waals surface area contributed by atoms with Crippen LogP contribution in [-0.2, 0) is 6.42 Å². The van der Waals surface area contributed by atoms with Crippen LogP contribution in [0.2, 0.25) is 0 Å². The Kier molecular flexibility index (Phi) is 6.29. The summed E-state index contributed by atoms with van der Waals surface area (Å²) >= 11 is 0. The molecule has 1 heterocycles. The van der Waals surface area contributed by atoms with Gasteiger partial charge < -0.3 is 0 Å². The molecular formula is C25H27N3O. The molecule has 148 valence electrons. The summed E-state index contributed by atoms with van der Waals surface area (Å²) in [7, 11) is 0. The van der Waals surface area contributed by atoms with E-state index in [0.717, 1.165) is 22.4 Å². The third-order valence-electron chi connectivity index (χ3n) is 4.87. The van der Waals surface area contributed by atoms with Crippen molar-refractivity contribution in [2.75, 3.05) is 0 Å². The number of Topliss-reactive ketones (excluding diaryl/α,β-unsaturated/α-hetero) is 1. The minimum Gasteiger partial charge on any atom is -0.292 e. The fraction of sp³-hybridized carbons (Fsp3) is 0.320. The highest BCUT2D eigenvalue weighted by molar-refractivity contribution is 5.98. The van der Waals surface area contributed by atoms with E-state index in [1.54, 1.807) is 12.1 Å². The van der Waals surface area contributed by atoms with E-state index in [2.05, 4.69) is 32.0 Å². The van der Waals surface area contributed by atoms with Crippen LogP contribution in [0.5, 0.6) is 0 Å². The number of hydrogen-bond acceptors (Lipinski definition) is 3. The first-order valence-electron chi connectivity index (χ1n) is 10.1. The predicted molar refractivity (Wildman–Crippen MR) is 116 cm³/mol. The molecule has 0 radical (unpaired) electrons. The lowest BCUT2D eigenvalue weighted by atomic mass is 9.94. The summed E-state index contributed by atoms with van der Waals surface area (Å²) < 4.78 is 1.87. The van der Waals surface area contributed by atoms with Crippen LogP contribution < -0.4 is 0 Å².